The fourth-order valence-corrected chi connectivity index (χ4v) is 4.99. The van der Waals surface area contributed by atoms with E-state index in [0.717, 1.165) is 48.5 Å². The normalized spacial score (nSPS) is 27.0. The number of aromatic nitrogens is 3. The Labute approximate surface area is 164 Å². The number of benzene rings is 1. The predicted octanol–water partition coefficient (Wildman–Crippen LogP) is 3.06. The Kier molecular flexibility index (Phi) is 4.06. The monoisotopic (exact) mass is 373 g/mol. The maximum absolute atomic E-state index is 10.9. The van der Waals surface area contributed by atoms with Crippen LogP contribution in [0.5, 0.6) is 0 Å². The standard InChI is InChI=1S/C22H23N5O/c1-14-6-7-15(10-23)22(25-14)26-11-16-8-20(21(28)9-17(16)12-26)27-13-24-18-4-2-3-5-19(18)27/h2-7,13,16-17,20-21,28H,8-9,11-12H2,1H3/t16-,17+,20-,21-/m1/s1. The van der Waals surface area contributed by atoms with Crippen LogP contribution in [0.25, 0.3) is 11.0 Å². The summed E-state index contributed by atoms with van der Waals surface area (Å²) < 4.78 is 2.14. The molecule has 1 saturated heterocycles. The Balaban J connectivity index is 1.42. The van der Waals surface area contributed by atoms with E-state index < -0.39 is 0 Å². The smallest absolute Gasteiger partial charge is 0.146 e. The number of nitriles is 1. The van der Waals surface area contributed by atoms with E-state index in [1.807, 2.05) is 43.6 Å². The molecule has 0 bridgehead atoms. The van der Waals surface area contributed by atoms with Crippen LogP contribution in [0.4, 0.5) is 5.82 Å². The average Bonchev–Trinajstić information content (AvgIpc) is 3.31. The van der Waals surface area contributed by atoms with Gasteiger partial charge < -0.3 is 14.6 Å². The molecular formula is C22H23N5O. The first kappa shape index (κ1) is 17.2. The highest BCUT2D eigenvalue weighted by Crippen LogP contribution is 2.43. The number of aliphatic hydroxyl groups excluding tert-OH is 1. The van der Waals surface area contributed by atoms with Gasteiger partial charge in [-0.25, -0.2) is 9.97 Å². The second kappa shape index (κ2) is 6.61. The summed E-state index contributed by atoms with van der Waals surface area (Å²) in [5, 5.41) is 20.4. The second-order valence-electron chi connectivity index (χ2n) is 8.11. The molecular weight excluding hydrogens is 350 g/mol. The van der Waals surface area contributed by atoms with Gasteiger partial charge in [0.1, 0.15) is 11.9 Å². The summed E-state index contributed by atoms with van der Waals surface area (Å²) in [6.07, 6.45) is 3.16. The van der Waals surface area contributed by atoms with Crippen molar-refractivity contribution in [3.8, 4) is 6.07 Å². The molecule has 5 rings (SSSR count). The largest absolute Gasteiger partial charge is 0.391 e. The molecule has 6 heteroatoms. The van der Waals surface area contributed by atoms with Crippen molar-refractivity contribution in [1.82, 2.24) is 14.5 Å². The lowest BCUT2D eigenvalue weighted by Gasteiger charge is -2.36. The fraction of sp³-hybridized carbons (Fsp3) is 0.409. The molecule has 4 atom stereocenters. The number of imidazole rings is 1. The van der Waals surface area contributed by atoms with Gasteiger partial charge in [0, 0.05) is 18.8 Å². The Morgan fingerprint density at radius 1 is 1.11 bits per heavy atom. The van der Waals surface area contributed by atoms with E-state index >= 15 is 0 Å². The molecule has 142 valence electrons. The first-order valence-electron chi connectivity index (χ1n) is 9.86. The van der Waals surface area contributed by atoms with Crippen LogP contribution in [0.3, 0.4) is 0 Å². The number of aryl methyl sites for hydroxylation is 1. The molecule has 0 amide bonds. The topological polar surface area (TPSA) is 78.0 Å². The molecule has 1 aliphatic heterocycles. The minimum atomic E-state index is -0.389. The van der Waals surface area contributed by atoms with Crippen LogP contribution < -0.4 is 4.90 Å². The van der Waals surface area contributed by atoms with Crippen molar-refractivity contribution < 1.29 is 5.11 Å². The molecule has 2 fully saturated rings. The van der Waals surface area contributed by atoms with Crippen molar-refractivity contribution in [2.24, 2.45) is 11.8 Å². The third-order valence-electron chi connectivity index (χ3n) is 6.38. The average molecular weight is 373 g/mol. The molecule has 1 N–H and O–H groups in total. The van der Waals surface area contributed by atoms with Crippen LogP contribution in [0.2, 0.25) is 0 Å². The van der Waals surface area contributed by atoms with E-state index in [9.17, 15) is 10.4 Å². The molecule has 28 heavy (non-hydrogen) atoms. The molecule has 1 saturated carbocycles. The fourth-order valence-electron chi connectivity index (χ4n) is 4.99. The third-order valence-corrected chi connectivity index (χ3v) is 6.38. The van der Waals surface area contributed by atoms with Crippen molar-refractivity contribution >= 4 is 16.9 Å². The Morgan fingerprint density at radius 2 is 1.89 bits per heavy atom. The number of hydrogen-bond acceptors (Lipinski definition) is 5. The molecule has 1 aromatic carbocycles. The van der Waals surface area contributed by atoms with Crippen molar-refractivity contribution in [1.29, 1.82) is 5.26 Å². The summed E-state index contributed by atoms with van der Waals surface area (Å²) in [6.45, 7) is 3.69. The summed E-state index contributed by atoms with van der Waals surface area (Å²) in [5.74, 6) is 1.69. The lowest BCUT2D eigenvalue weighted by molar-refractivity contribution is 0.0375. The molecule has 2 aliphatic rings. The van der Waals surface area contributed by atoms with Gasteiger partial charge in [0.2, 0.25) is 0 Å². The number of nitrogens with zero attached hydrogens (tertiary/aromatic N) is 5. The van der Waals surface area contributed by atoms with E-state index in [1.54, 1.807) is 0 Å². The van der Waals surface area contributed by atoms with Gasteiger partial charge in [-0.1, -0.05) is 12.1 Å². The summed E-state index contributed by atoms with van der Waals surface area (Å²) in [7, 11) is 0. The van der Waals surface area contributed by atoms with Crippen LogP contribution in [-0.4, -0.2) is 38.8 Å². The Morgan fingerprint density at radius 3 is 2.71 bits per heavy atom. The van der Waals surface area contributed by atoms with Gasteiger partial charge in [0.25, 0.3) is 0 Å². The molecule has 0 unspecified atom stereocenters. The lowest BCUT2D eigenvalue weighted by atomic mass is 9.77. The van der Waals surface area contributed by atoms with Crippen molar-refractivity contribution in [3.63, 3.8) is 0 Å². The number of pyridine rings is 1. The zero-order valence-electron chi connectivity index (χ0n) is 15.9. The number of para-hydroxylation sites is 2. The summed E-state index contributed by atoms with van der Waals surface area (Å²) in [6, 6.07) is 14.1. The minimum absolute atomic E-state index is 0.0366. The highest BCUT2D eigenvalue weighted by atomic mass is 16.3. The van der Waals surface area contributed by atoms with Crippen molar-refractivity contribution in [2.75, 3.05) is 18.0 Å². The zero-order chi connectivity index (χ0) is 19.3. The molecule has 3 aromatic rings. The first-order chi connectivity index (χ1) is 13.6. The van der Waals surface area contributed by atoms with E-state index in [-0.39, 0.29) is 12.1 Å². The number of hydrogen-bond donors (Lipinski definition) is 1. The zero-order valence-corrected chi connectivity index (χ0v) is 15.9. The quantitative estimate of drug-likeness (QED) is 0.747. The van der Waals surface area contributed by atoms with Gasteiger partial charge in [0.15, 0.2) is 0 Å². The number of fused-ring (bicyclic) bond motifs is 2. The van der Waals surface area contributed by atoms with Crippen LogP contribution in [0.1, 0.15) is 30.1 Å². The van der Waals surface area contributed by atoms with Crippen LogP contribution in [-0.2, 0) is 0 Å². The first-order valence-corrected chi connectivity index (χ1v) is 9.86. The van der Waals surface area contributed by atoms with Crippen LogP contribution in [0.15, 0.2) is 42.7 Å². The Hall–Kier alpha value is -2.91. The molecule has 1 aliphatic carbocycles. The van der Waals surface area contributed by atoms with Gasteiger partial charge in [-0.05, 0) is 55.9 Å². The minimum Gasteiger partial charge on any atom is -0.391 e. The van der Waals surface area contributed by atoms with Gasteiger partial charge in [-0.2, -0.15) is 5.26 Å². The summed E-state index contributed by atoms with van der Waals surface area (Å²) >= 11 is 0. The molecule has 6 nitrogen and oxygen atoms in total. The van der Waals surface area contributed by atoms with Crippen LogP contribution >= 0.6 is 0 Å². The lowest BCUT2D eigenvalue weighted by Crippen LogP contribution is -2.36. The third kappa shape index (κ3) is 2.74. The van der Waals surface area contributed by atoms with E-state index in [1.165, 1.54) is 0 Å². The number of anilines is 1. The molecule has 0 radical (unpaired) electrons. The predicted molar refractivity (Wildman–Crippen MR) is 107 cm³/mol. The van der Waals surface area contributed by atoms with Gasteiger partial charge >= 0.3 is 0 Å². The number of rotatable bonds is 2. The number of aliphatic hydroxyl groups is 1. The molecule has 3 heterocycles. The van der Waals surface area contributed by atoms with E-state index in [4.69, 9.17) is 0 Å². The summed E-state index contributed by atoms with van der Waals surface area (Å²) in [5.41, 5.74) is 3.59. The van der Waals surface area contributed by atoms with E-state index in [0.29, 0.717) is 17.4 Å². The molecule has 2 aromatic heterocycles. The van der Waals surface area contributed by atoms with Crippen LogP contribution in [0, 0.1) is 30.1 Å². The molecule has 0 spiro atoms. The maximum Gasteiger partial charge on any atom is 0.146 e. The Bertz CT molecular complexity index is 1070. The summed E-state index contributed by atoms with van der Waals surface area (Å²) in [4.78, 5) is 11.4. The van der Waals surface area contributed by atoms with Gasteiger partial charge in [-0.15, -0.1) is 0 Å². The highest BCUT2D eigenvalue weighted by Gasteiger charge is 2.43. The van der Waals surface area contributed by atoms with Gasteiger partial charge in [-0.3, -0.25) is 0 Å². The van der Waals surface area contributed by atoms with Gasteiger partial charge in [0.05, 0.1) is 35.1 Å². The van der Waals surface area contributed by atoms with Crippen molar-refractivity contribution in [2.45, 2.75) is 31.9 Å². The highest BCUT2D eigenvalue weighted by molar-refractivity contribution is 5.75. The van der Waals surface area contributed by atoms with Crippen molar-refractivity contribution in [3.05, 3.63) is 54.0 Å². The SMILES string of the molecule is Cc1ccc(C#N)c(N2C[C@H]3C[C@@H](n4cnc5ccccc54)[C@H](O)C[C@H]3C2)n1. The second-order valence-corrected chi connectivity index (χ2v) is 8.11. The van der Waals surface area contributed by atoms with E-state index in [2.05, 4.69) is 31.6 Å². The maximum atomic E-state index is 10.9.